The molecule has 3 aromatic carbocycles. The van der Waals surface area contributed by atoms with Crippen LogP contribution in [0.3, 0.4) is 0 Å². The lowest BCUT2D eigenvalue weighted by Gasteiger charge is -2.35. The molecule has 7 nitrogen and oxygen atoms in total. The average Bonchev–Trinajstić information content (AvgIpc) is 2.91. The Hall–Kier alpha value is -3.84. The first-order valence-corrected chi connectivity index (χ1v) is 12.9. The molecule has 3 amide bonds. The third kappa shape index (κ3) is 7.33. The van der Waals surface area contributed by atoms with Crippen molar-refractivity contribution in [1.82, 2.24) is 5.32 Å². The van der Waals surface area contributed by atoms with Crippen LogP contribution in [0.1, 0.15) is 34.3 Å². The molecule has 1 heterocycles. The number of amides is 3. The van der Waals surface area contributed by atoms with Crippen molar-refractivity contribution >= 4 is 29.0 Å². The Balaban J connectivity index is 1.46. The van der Waals surface area contributed by atoms with E-state index >= 15 is 0 Å². The van der Waals surface area contributed by atoms with Crippen molar-refractivity contribution < 1.29 is 14.3 Å². The van der Waals surface area contributed by atoms with Gasteiger partial charge in [-0.1, -0.05) is 48.5 Å². The predicted octanol–water partition coefficient (Wildman–Crippen LogP) is 5.47. The number of aryl methyl sites for hydroxylation is 1. The molecule has 0 spiro atoms. The second-order valence-electron chi connectivity index (χ2n) is 9.49. The number of piperidine rings is 1. The average molecular weight is 501 g/mol. The van der Waals surface area contributed by atoms with Gasteiger partial charge in [-0.05, 0) is 67.5 Å². The van der Waals surface area contributed by atoms with E-state index in [4.69, 9.17) is 4.74 Å². The number of carbonyl (C=O) groups excluding carboxylic acids is 2. The van der Waals surface area contributed by atoms with Gasteiger partial charge in [-0.2, -0.15) is 0 Å². The number of rotatable bonds is 9. The van der Waals surface area contributed by atoms with Crippen LogP contribution in [-0.4, -0.2) is 45.3 Å². The zero-order valence-electron chi connectivity index (χ0n) is 21.6. The van der Waals surface area contributed by atoms with E-state index in [1.807, 2.05) is 43.3 Å². The van der Waals surface area contributed by atoms with Crippen molar-refractivity contribution in [2.45, 2.75) is 26.2 Å². The SMILES string of the molecule is COCCNC(=O)c1cc(NC(=O)Nc2ccccc2C)ccc1N1CCC(Cc2ccccc2)CC1. The van der Waals surface area contributed by atoms with Gasteiger partial charge in [0.25, 0.3) is 5.91 Å². The van der Waals surface area contributed by atoms with Gasteiger partial charge in [-0.25, -0.2) is 4.79 Å². The molecule has 7 heteroatoms. The predicted molar refractivity (Wildman–Crippen MR) is 150 cm³/mol. The molecule has 0 unspecified atom stereocenters. The zero-order valence-corrected chi connectivity index (χ0v) is 21.6. The summed E-state index contributed by atoms with van der Waals surface area (Å²) in [5.41, 5.74) is 5.09. The van der Waals surface area contributed by atoms with Crippen molar-refractivity contribution in [3.8, 4) is 0 Å². The van der Waals surface area contributed by atoms with E-state index in [9.17, 15) is 9.59 Å². The Labute approximate surface area is 219 Å². The molecule has 1 fully saturated rings. The minimum Gasteiger partial charge on any atom is -0.383 e. The summed E-state index contributed by atoms with van der Waals surface area (Å²) in [5.74, 6) is 0.449. The maximum Gasteiger partial charge on any atom is 0.323 e. The summed E-state index contributed by atoms with van der Waals surface area (Å²) in [6.07, 6.45) is 3.22. The number of para-hydroxylation sites is 1. The van der Waals surface area contributed by atoms with Crippen molar-refractivity contribution in [2.75, 3.05) is 48.9 Å². The smallest absolute Gasteiger partial charge is 0.323 e. The van der Waals surface area contributed by atoms with Crippen LogP contribution in [0.15, 0.2) is 72.8 Å². The second kappa shape index (κ2) is 12.9. The summed E-state index contributed by atoms with van der Waals surface area (Å²) in [7, 11) is 1.61. The van der Waals surface area contributed by atoms with Gasteiger partial charge in [0.15, 0.2) is 0 Å². The van der Waals surface area contributed by atoms with Crippen LogP contribution >= 0.6 is 0 Å². The van der Waals surface area contributed by atoms with Crippen LogP contribution in [0.25, 0.3) is 0 Å². The van der Waals surface area contributed by atoms with Gasteiger partial charge in [0.05, 0.1) is 12.2 Å². The number of carbonyl (C=O) groups is 2. The molecule has 1 aliphatic heterocycles. The maximum absolute atomic E-state index is 13.1. The first-order valence-electron chi connectivity index (χ1n) is 12.9. The van der Waals surface area contributed by atoms with Gasteiger partial charge in [-0.3, -0.25) is 4.79 Å². The Morgan fingerprint density at radius 1 is 0.946 bits per heavy atom. The quantitative estimate of drug-likeness (QED) is 0.340. The second-order valence-corrected chi connectivity index (χ2v) is 9.49. The fourth-order valence-corrected chi connectivity index (χ4v) is 4.76. The van der Waals surface area contributed by atoms with Crippen molar-refractivity contribution in [2.24, 2.45) is 5.92 Å². The summed E-state index contributed by atoms with van der Waals surface area (Å²) < 4.78 is 5.09. The Morgan fingerprint density at radius 3 is 2.41 bits per heavy atom. The van der Waals surface area contributed by atoms with Gasteiger partial charge >= 0.3 is 6.03 Å². The van der Waals surface area contributed by atoms with Crippen LogP contribution < -0.4 is 20.9 Å². The van der Waals surface area contributed by atoms with Gasteiger partial charge < -0.3 is 25.6 Å². The number of nitrogens with zero attached hydrogens (tertiary/aromatic N) is 1. The van der Waals surface area contributed by atoms with E-state index in [0.29, 0.717) is 30.3 Å². The normalized spacial score (nSPS) is 13.7. The number of anilines is 3. The number of hydrogen-bond donors (Lipinski definition) is 3. The molecular weight excluding hydrogens is 464 g/mol. The van der Waals surface area contributed by atoms with Crippen LogP contribution in [0, 0.1) is 12.8 Å². The minimum absolute atomic E-state index is 0.179. The molecule has 3 N–H and O–H groups in total. The van der Waals surface area contributed by atoms with Crippen LogP contribution in [0.5, 0.6) is 0 Å². The molecule has 4 rings (SSSR count). The summed E-state index contributed by atoms with van der Waals surface area (Å²) in [4.78, 5) is 28.1. The highest BCUT2D eigenvalue weighted by Crippen LogP contribution is 2.30. The molecule has 1 aliphatic rings. The van der Waals surface area contributed by atoms with Gasteiger partial charge in [0.2, 0.25) is 0 Å². The van der Waals surface area contributed by atoms with Crippen molar-refractivity contribution in [1.29, 1.82) is 0 Å². The van der Waals surface area contributed by atoms with Crippen molar-refractivity contribution in [3.05, 3.63) is 89.5 Å². The molecule has 3 aromatic rings. The molecule has 1 saturated heterocycles. The molecular formula is C30H36N4O3. The summed E-state index contributed by atoms with van der Waals surface area (Å²) in [5, 5.41) is 8.68. The zero-order chi connectivity index (χ0) is 26.0. The Bertz CT molecular complexity index is 1190. The maximum atomic E-state index is 13.1. The number of ether oxygens (including phenoxy) is 1. The molecule has 0 radical (unpaired) electrons. The summed E-state index contributed by atoms with van der Waals surface area (Å²) in [6.45, 7) is 4.56. The fraction of sp³-hybridized carbons (Fsp3) is 0.333. The van der Waals surface area contributed by atoms with Gasteiger partial charge in [0.1, 0.15) is 0 Å². The highest BCUT2D eigenvalue weighted by molar-refractivity contribution is 6.04. The van der Waals surface area contributed by atoms with Crippen LogP contribution in [-0.2, 0) is 11.2 Å². The lowest BCUT2D eigenvalue weighted by molar-refractivity contribution is 0.0937. The number of nitrogens with one attached hydrogen (secondary N) is 3. The van der Waals surface area contributed by atoms with E-state index in [1.54, 1.807) is 13.2 Å². The third-order valence-electron chi connectivity index (χ3n) is 6.81. The molecule has 0 bridgehead atoms. The van der Waals surface area contributed by atoms with Gasteiger partial charge in [0, 0.05) is 43.8 Å². The van der Waals surface area contributed by atoms with E-state index in [1.165, 1.54) is 5.56 Å². The number of benzene rings is 3. The molecule has 0 saturated carbocycles. The standard InChI is InChI=1S/C30H36N4O3/c1-22-8-6-7-11-27(22)33-30(36)32-25-12-13-28(26(21-25)29(35)31-16-19-37-2)34-17-14-24(15-18-34)20-23-9-4-3-5-10-23/h3-13,21,24H,14-20H2,1-2H3,(H,31,35)(H2,32,33,36). The molecule has 0 atom stereocenters. The largest absolute Gasteiger partial charge is 0.383 e. The summed E-state index contributed by atoms with van der Waals surface area (Å²) in [6, 6.07) is 23.4. The van der Waals surface area contributed by atoms with Crippen LogP contribution in [0.2, 0.25) is 0 Å². The van der Waals surface area contributed by atoms with E-state index in [-0.39, 0.29) is 11.9 Å². The van der Waals surface area contributed by atoms with Crippen molar-refractivity contribution in [3.63, 3.8) is 0 Å². The van der Waals surface area contributed by atoms with E-state index in [2.05, 4.69) is 51.2 Å². The Morgan fingerprint density at radius 2 is 1.68 bits per heavy atom. The molecule has 0 aliphatic carbocycles. The fourth-order valence-electron chi connectivity index (χ4n) is 4.76. The highest BCUT2D eigenvalue weighted by Gasteiger charge is 2.24. The number of urea groups is 1. The summed E-state index contributed by atoms with van der Waals surface area (Å²) >= 11 is 0. The van der Waals surface area contributed by atoms with Crippen LogP contribution in [0.4, 0.5) is 21.9 Å². The number of hydrogen-bond acceptors (Lipinski definition) is 4. The lowest BCUT2D eigenvalue weighted by Crippen LogP contribution is -2.36. The molecule has 194 valence electrons. The van der Waals surface area contributed by atoms with E-state index < -0.39 is 0 Å². The topological polar surface area (TPSA) is 82.7 Å². The number of methoxy groups -OCH3 is 1. The Kier molecular flexibility index (Phi) is 9.16. The lowest BCUT2D eigenvalue weighted by atomic mass is 9.89. The highest BCUT2D eigenvalue weighted by atomic mass is 16.5. The molecule has 37 heavy (non-hydrogen) atoms. The van der Waals surface area contributed by atoms with Gasteiger partial charge in [-0.15, -0.1) is 0 Å². The first kappa shape index (κ1) is 26.2. The minimum atomic E-state index is -0.352. The first-order chi connectivity index (χ1) is 18.0. The third-order valence-corrected chi connectivity index (χ3v) is 6.81. The molecule has 0 aromatic heterocycles. The monoisotopic (exact) mass is 500 g/mol. The van der Waals surface area contributed by atoms with E-state index in [0.717, 1.165) is 49.3 Å².